The van der Waals surface area contributed by atoms with E-state index in [1.807, 2.05) is 12.1 Å². The molecule has 3 rings (SSSR count). The first-order chi connectivity index (χ1) is 13.6. The smallest absolute Gasteiger partial charge is 0.257 e. The van der Waals surface area contributed by atoms with E-state index < -0.39 is 5.91 Å². The number of carbonyl (C=O) groups is 2. The van der Waals surface area contributed by atoms with E-state index in [0.717, 1.165) is 30.4 Å². The molecule has 5 nitrogen and oxygen atoms in total. The van der Waals surface area contributed by atoms with Crippen molar-refractivity contribution >= 4 is 45.5 Å². The van der Waals surface area contributed by atoms with Crippen molar-refractivity contribution in [3.63, 3.8) is 0 Å². The largest absolute Gasteiger partial charge is 0.365 e. The minimum Gasteiger partial charge on any atom is -0.365 e. The van der Waals surface area contributed by atoms with Gasteiger partial charge in [-0.15, -0.1) is 11.3 Å². The average Bonchev–Trinajstić information content (AvgIpc) is 2.97. The Morgan fingerprint density at radius 3 is 2.45 bits per heavy atom. The molecular weight excluding hydrogens is 402 g/mol. The van der Waals surface area contributed by atoms with Gasteiger partial charge in [-0.3, -0.25) is 14.9 Å². The molecule has 4 N–H and O–H groups in total. The van der Waals surface area contributed by atoms with Crippen LogP contribution in [0, 0.1) is 5.92 Å². The molecule has 0 spiro atoms. The lowest BCUT2D eigenvalue weighted by Gasteiger charge is -2.19. The summed E-state index contributed by atoms with van der Waals surface area (Å²) >= 11 is 6.82. The molecule has 0 fully saturated rings. The van der Waals surface area contributed by atoms with Crippen LogP contribution < -0.4 is 16.4 Å². The lowest BCUT2D eigenvalue weighted by atomic mass is 9.87. The van der Waals surface area contributed by atoms with Gasteiger partial charge in [-0.2, -0.15) is 0 Å². The number of thiophene rings is 1. The van der Waals surface area contributed by atoms with Crippen molar-refractivity contribution in [2.45, 2.75) is 52.4 Å². The fourth-order valence-electron chi connectivity index (χ4n) is 3.53. The monoisotopic (exact) mass is 429 g/mol. The molecule has 0 aliphatic heterocycles. The van der Waals surface area contributed by atoms with Gasteiger partial charge in [0.2, 0.25) is 0 Å². The second kappa shape index (κ2) is 8.24. The summed E-state index contributed by atoms with van der Waals surface area (Å²) in [5, 5.41) is 6.48. The number of nitrogens with one attached hydrogen (secondary N) is 2. The zero-order chi connectivity index (χ0) is 21.3. The van der Waals surface area contributed by atoms with Gasteiger partial charge >= 0.3 is 0 Å². The van der Waals surface area contributed by atoms with Crippen molar-refractivity contribution < 1.29 is 9.59 Å². The summed E-state index contributed by atoms with van der Waals surface area (Å²) in [4.78, 5) is 25.7. The lowest BCUT2D eigenvalue weighted by molar-refractivity contribution is 0.0975. The number of thiocarbonyl (C=S) groups is 1. The Hall–Kier alpha value is -2.25. The van der Waals surface area contributed by atoms with Crippen LogP contribution in [0.25, 0.3) is 0 Å². The Morgan fingerprint density at radius 2 is 1.86 bits per heavy atom. The van der Waals surface area contributed by atoms with E-state index in [4.69, 9.17) is 18.0 Å². The first kappa shape index (κ1) is 21.5. The molecule has 0 saturated heterocycles. The number of benzene rings is 1. The Kier molecular flexibility index (Phi) is 6.10. The quantitative estimate of drug-likeness (QED) is 0.632. The number of hydrogen-bond donors (Lipinski definition) is 3. The summed E-state index contributed by atoms with van der Waals surface area (Å²) in [7, 11) is 0. The minimum atomic E-state index is -0.466. The van der Waals surface area contributed by atoms with Crippen LogP contribution >= 0.6 is 23.6 Å². The zero-order valence-electron chi connectivity index (χ0n) is 17.2. The van der Waals surface area contributed by atoms with Crippen LogP contribution in [0.1, 0.15) is 70.8 Å². The maximum Gasteiger partial charge on any atom is 0.257 e. The highest BCUT2D eigenvalue weighted by Crippen LogP contribution is 2.39. The first-order valence-corrected chi connectivity index (χ1v) is 11.0. The third-order valence-corrected chi connectivity index (χ3v) is 6.60. The molecule has 1 aliphatic carbocycles. The van der Waals surface area contributed by atoms with Crippen LogP contribution in [-0.4, -0.2) is 16.9 Å². The van der Waals surface area contributed by atoms with Gasteiger partial charge in [-0.1, -0.05) is 39.8 Å². The SMILES string of the molecule is C[C@@H]1CCc2c(sc(NC(=S)NC(=O)c3ccc(C(C)(C)C)cc3)c2C(N)=O)C1. The number of carbonyl (C=O) groups excluding carboxylic acids is 2. The molecule has 2 aromatic rings. The number of anilines is 1. The molecule has 0 bridgehead atoms. The average molecular weight is 430 g/mol. The van der Waals surface area contributed by atoms with Crippen molar-refractivity contribution in [2.24, 2.45) is 11.7 Å². The van der Waals surface area contributed by atoms with E-state index in [1.165, 1.54) is 16.2 Å². The fraction of sp³-hybridized carbons (Fsp3) is 0.409. The van der Waals surface area contributed by atoms with Gasteiger partial charge in [0.05, 0.1) is 5.56 Å². The van der Waals surface area contributed by atoms with Crippen LogP contribution in [0.2, 0.25) is 0 Å². The molecule has 0 radical (unpaired) electrons. The molecule has 29 heavy (non-hydrogen) atoms. The maximum atomic E-state index is 12.5. The van der Waals surface area contributed by atoms with Crippen LogP contribution in [0.5, 0.6) is 0 Å². The van der Waals surface area contributed by atoms with Gasteiger partial charge < -0.3 is 11.1 Å². The summed E-state index contributed by atoms with van der Waals surface area (Å²) < 4.78 is 0. The number of primary amides is 1. The highest BCUT2D eigenvalue weighted by Gasteiger charge is 2.27. The number of amides is 2. The summed E-state index contributed by atoms with van der Waals surface area (Å²) in [5.41, 5.74) is 8.86. The molecule has 1 aromatic carbocycles. The van der Waals surface area contributed by atoms with Crippen molar-refractivity contribution in [3.8, 4) is 0 Å². The van der Waals surface area contributed by atoms with E-state index in [2.05, 4.69) is 38.3 Å². The van der Waals surface area contributed by atoms with E-state index in [9.17, 15) is 9.59 Å². The van der Waals surface area contributed by atoms with E-state index in [1.54, 1.807) is 12.1 Å². The number of rotatable bonds is 3. The van der Waals surface area contributed by atoms with Crippen LogP contribution in [0.3, 0.4) is 0 Å². The van der Waals surface area contributed by atoms with Crippen molar-refractivity contribution in [2.75, 3.05) is 5.32 Å². The highest BCUT2D eigenvalue weighted by atomic mass is 32.1. The lowest BCUT2D eigenvalue weighted by Crippen LogP contribution is -2.34. The maximum absolute atomic E-state index is 12.5. The molecule has 154 valence electrons. The predicted octanol–water partition coefficient (Wildman–Crippen LogP) is 4.40. The van der Waals surface area contributed by atoms with Gasteiger partial charge in [-0.05, 0) is 66.1 Å². The molecule has 7 heteroatoms. The third-order valence-electron chi connectivity index (χ3n) is 5.23. The van der Waals surface area contributed by atoms with Crippen LogP contribution in [-0.2, 0) is 18.3 Å². The number of nitrogens with two attached hydrogens (primary N) is 1. The molecular formula is C22H27N3O2S2. The van der Waals surface area contributed by atoms with Crippen LogP contribution in [0.15, 0.2) is 24.3 Å². The second-order valence-electron chi connectivity index (χ2n) is 8.66. The minimum absolute atomic E-state index is 0.0206. The van der Waals surface area contributed by atoms with E-state index in [-0.39, 0.29) is 16.4 Å². The van der Waals surface area contributed by atoms with Gasteiger partial charge in [0.1, 0.15) is 5.00 Å². The van der Waals surface area contributed by atoms with Crippen molar-refractivity contribution in [3.05, 3.63) is 51.4 Å². The molecule has 0 saturated carbocycles. The topological polar surface area (TPSA) is 84.2 Å². The summed E-state index contributed by atoms with van der Waals surface area (Å²) in [6.45, 7) is 8.58. The molecule has 1 atom stereocenters. The Balaban J connectivity index is 1.72. The highest BCUT2D eigenvalue weighted by molar-refractivity contribution is 7.80. The van der Waals surface area contributed by atoms with Gasteiger partial charge in [0, 0.05) is 10.4 Å². The second-order valence-corrected chi connectivity index (χ2v) is 10.2. The summed E-state index contributed by atoms with van der Waals surface area (Å²) in [5.74, 6) is -0.178. The molecule has 1 aliphatic rings. The molecule has 1 heterocycles. The Labute approximate surface area is 181 Å². The molecule has 2 amide bonds. The van der Waals surface area contributed by atoms with Crippen molar-refractivity contribution in [1.29, 1.82) is 0 Å². The van der Waals surface area contributed by atoms with Gasteiger partial charge in [0.25, 0.3) is 11.8 Å². The van der Waals surface area contributed by atoms with Gasteiger partial charge in [-0.25, -0.2) is 0 Å². The van der Waals surface area contributed by atoms with Crippen molar-refractivity contribution in [1.82, 2.24) is 5.32 Å². The summed E-state index contributed by atoms with van der Waals surface area (Å²) in [6.07, 6.45) is 2.81. The first-order valence-electron chi connectivity index (χ1n) is 9.73. The predicted molar refractivity (Wildman–Crippen MR) is 123 cm³/mol. The number of hydrogen-bond acceptors (Lipinski definition) is 4. The molecule has 0 unspecified atom stereocenters. The Bertz CT molecular complexity index is 956. The summed E-state index contributed by atoms with van der Waals surface area (Å²) in [6, 6.07) is 7.48. The molecule has 1 aromatic heterocycles. The van der Waals surface area contributed by atoms with E-state index in [0.29, 0.717) is 22.0 Å². The number of fused-ring (bicyclic) bond motifs is 1. The van der Waals surface area contributed by atoms with Crippen LogP contribution in [0.4, 0.5) is 5.00 Å². The Morgan fingerprint density at radius 1 is 1.21 bits per heavy atom. The zero-order valence-corrected chi connectivity index (χ0v) is 18.9. The normalized spacial score (nSPS) is 16.1. The van der Waals surface area contributed by atoms with Gasteiger partial charge in [0.15, 0.2) is 5.11 Å². The fourth-order valence-corrected chi connectivity index (χ4v) is 5.21. The standard InChI is InChI=1S/C22H27N3O2S2/c1-12-5-10-15-16(11-12)29-20(17(15)18(23)26)25-21(28)24-19(27)13-6-8-14(9-7-13)22(2,3)4/h6-9,12H,5,10-11H2,1-4H3,(H2,23,26)(H2,24,25,27,28)/t12-/m1/s1. The third kappa shape index (κ3) is 4.85. The van der Waals surface area contributed by atoms with E-state index >= 15 is 0 Å².